The minimum absolute atomic E-state index is 0.538. The number of aliphatic imine (C=N–C) groups is 1. The Labute approximate surface area is 138 Å². The van der Waals surface area contributed by atoms with Crippen LogP contribution in [0.15, 0.2) is 15.5 Å². The van der Waals surface area contributed by atoms with Crippen molar-refractivity contribution in [3.8, 4) is 0 Å². The summed E-state index contributed by atoms with van der Waals surface area (Å²) in [6.45, 7) is 7.64. The summed E-state index contributed by atoms with van der Waals surface area (Å²) in [5, 5.41) is 7.76. The largest absolute Gasteiger partial charge is 0.466 e. The predicted molar refractivity (Wildman–Crippen MR) is 95.7 cm³/mol. The minimum atomic E-state index is 0.538. The maximum Gasteiger partial charge on any atom is 0.191 e. The van der Waals surface area contributed by atoms with E-state index in [4.69, 9.17) is 9.41 Å². The lowest BCUT2D eigenvalue weighted by Gasteiger charge is -2.29. The fraction of sp³-hybridized carbons (Fsp3) is 0.706. The first kappa shape index (κ1) is 17.3. The second kappa shape index (κ2) is 8.51. The van der Waals surface area contributed by atoms with Gasteiger partial charge in [-0.3, -0.25) is 0 Å². The Morgan fingerprint density at radius 2 is 2.23 bits per heavy atom. The lowest BCUT2D eigenvalue weighted by atomic mass is 9.95. The fourth-order valence-electron chi connectivity index (χ4n) is 3.01. The van der Waals surface area contributed by atoms with Crippen molar-refractivity contribution in [1.82, 2.24) is 10.6 Å². The molecular weight excluding hydrogens is 294 g/mol. The van der Waals surface area contributed by atoms with Gasteiger partial charge >= 0.3 is 0 Å². The van der Waals surface area contributed by atoms with E-state index in [0.29, 0.717) is 12.6 Å². The van der Waals surface area contributed by atoms with Gasteiger partial charge in [-0.05, 0) is 52.4 Å². The number of nitrogens with zero attached hydrogens (tertiary/aromatic N) is 1. The van der Waals surface area contributed by atoms with Gasteiger partial charge in [0, 0.05) is 23.4 Å². The monoisotopic (exact) mass is 323 g/mol. The zero-order valence-electron chi connectivity index (χ0n) is 14.2. The number of guanidine groups is 1. The Hall–Kier alpha value is -1.10. The molecule has 0 radical (unpaired) electrons. The van der Waals surface area contributed by atoms with Crippen LogP contribution in [0.2, 0.25) is 0 Å². The average Bonchev–Trinajstić information content (AvgIpc) is 2.83. The van der Waals surface area contributed by atoms with E-state index in [-0.39, 0.29) is 0 Å². The van der Waals surface area contributed by atoms with Crippen LogP contribution in [0.5, 0.6) is 0 Å². The number of rotatable bonds is 5. The smallest absolute Gasteiger partial charge is 0.191 e. The molecular formula is C17H29N3OS. The summed E-state index contributed by atoms with van der Waals surface area (Å²) in [6.07, 6.45) is 7.35. The second-order valence-corrected chi connectivity index (χ2v) is 7.14. The van der Waals surface area contributed by atoms with E-state index < -0.39 is 0 Å². The summed E-state index contributed by atoms with van der Waals surface area (Å²) in [5.41, 5.74) is 1.17. The quantitative estimate of drug-likeness (QED) is 0.642. The van der Waals surface area contributed by atoms with Crippen molar-refractivity contribution in [2.75, 3.05) is 12.8 Å². The van der Waals surface area contributed by atoms with Gasteiger partial charge in [-0.2, -0.15) is 11.8 Å². The van der Waals surface area contributed by atoms with E-state index in [2.05, 4.69) is 29.9 Å². The number of thioether (sulfide) groups is 1. The lowest BCUT2D eigenvalue weighted by molar-refractivity contribution is 0.419. The van der Waals surface area contributed by atoms with Crippen LogP contribution >= 0.6 is 11.8 Å². The Balaban J connectivity index is 1.96. The molecule has 1 aliphatic rings. The van der Waals surface area contributed by atoms with Gasteiger partial charge in [0.1, 0.15) is 11.5 Å². The van der Waals surface area contributed by atoms with Gasteiger partial charge in [-0.25, -0.2) is 4.99 Å². The molecule has 2 unspecified atom stereocenters. The van der Waals surface area contributed by atoms with Crippen molar-refractivity contribution < 1.29 is 4.42 Å². The minimum Gasteiger partial charge on any atom is -0.466 e. The summed E-state index contributed by atoms with van der Waals surface area (Å²) in [5.74, 6) is 2.85. The number of hydrogen-bond donors (Lipinski definition) is 2. The normalized spacial score (nSPS) is 22.6. The summed E-state index contributed by atoms with van der Waals surface area (Å²) in [4.78, 5) is 4.73. The van der Waals surface area contributed by atoms with Gasteiger partial charge in [0.05, 0.1) is 6.54 Å². The van der Waals surface area contributed by atoms with Crippen LogP contribution in [0.4, 0.5) is 0 Å². The van der Waals surface area contributed by atoms with Crippen molar-refractivity contribution >= 4 is 17.7 Å². The van der Waals surface area contributed by atoms with Gasteiger partial charge in [0.2, 0.25) is 0 Å². The summed E-state index contributed by atoms with van der Waals surface area (Å²) in [6, 6.07) is 2.61. The van der Waals surface area contributed by atoms with E-state index in [1.807, 2.05) is 25.6 Å². The van der Waals surface area contributed by atoms with E-state index in [9.17, 15) is 0 Å². The molecule has 0 amide bonds. The third kappa shape index (κ3) is 4.97. The van der Waals surface area contributed by atoms with Crippen molar-refractivity contribution in [3.63, 3.8) is 0 Å². The highest BCUT2D eigenvalue weighted by Crippen LogP contribution is 2.26. The lowest BCUT2D eigenvalue weighted by Crippen LogP contribution is -2.45. The molecule has 2 atom stereocenters. The molecule has 0 spiro atoms. The number of nitrogens with one attached hydrogen (secondary N) is 2. The van der Waals surface area contributed by atoms with Gasteiger partial charge in [0.25, 0.3) is 0 Å². The first-order valence-corrected chi connectivity index (χ1v) is 9.54. The van der Waals surface area contributed by atoms with E-state index in [1.54, 1.807) is 0 Å². The molecule has 0 bridgehead atoms. The molecule has 22 heavy (non-hydrogen) atoms. The van der Waals surface area contributed by atoms with E-state index >= 15 is 0 Å². The number of hydrogen-bond acceptors (Lipinski definition) is 3. The molecule has 4 nitrogen and oxygen atoms in total. The second-order valence-electron chi connectivity index (χ2n) is 6.00. The summed E-state index contributed by atoms with van der Waals surface area (Å²) >= 11 is 1.99. The molecule has 1 saturated carbocycles. The van der Waals surface area contributed by atoms with Crippen LogP contribution in [-0.4, -0.2) is 30.1 Å². The zero-order valence-corrected chi connectivity index (χ0v) is 15.1. The maximum absolute atomic E-state index is 5.57. The molecule has 1 heterocycles. The average molecular weight is 324 g/mol. The molecule has 124 valence electrons. The fourth-order valence-corrected chi connectivity index (χ4v) is 3.84. The third-order valence-electron chi connectivity index (χ3n) is 4.20. The Morgan fingerprint density at radius 1 is 1.41 bits per heavy atom. The van der Waals surface area contributed by atoms with Crippen molar-refractivity contribution in [1.29, 1.82) is 0 Å². The van der Waals surface area contributed by atoms with E-state index in [0.717, 1.165) is 29.3 Å². The molecule has 1 fully saturated rings. The molecule has 5 heteroatoms. The highest BCUT2D eigenvalue weighted by atomic mass is 32.2. The maximum atomic E-state index is 5.57. The molecule has 0 aromatic carbocycles. The highest BCUT2D eigenvalue weighted by Gasteiger charge is 2.21. The van der Waals surface area contributed by atoms with Crippen molar-refractivity contribution in [2.24, 2.45) is 4.99 Å². The van der Waals surface area contributed by atoms with Crippen LogP contribution in [0.3, 0.4) is 0 Å². The Morgan fingerprint density at radius 3 is 2.86 bits per heavy atom. The standard InChI is InChI=1S/C17H29N3OS/c1-5-18-17(19-11-14-9-12(2)21-13(14)3)20-15-7-6-8-16(10-15)22-4/h9,15-16H,5-8,10-11H2,1-4H3,(H2,18,19,20). The number of furan rings is 1. The Kier molecular flexibility index (Phi) is 6.68. The van der Waals surface area contributed by atoms with Crippen LogP contribution in [0.25, 0.3) is 0 Å². The van der Waals surface area contributed by atoms with Crippen LogP contribution in [-0.2, 0) is 6.54 Å². The summed E-state index contributed by atoms with van der Waals surface area (Å²) in [7, 11) is 0. The van der Waals surface area contributed by atoms with Crippen molar-refractivity contribution in [3.05, 3.63) is 23.2 Å². The molecule has 2 N–H and O–H groups in total. The van der Waals surface area contributed by atoms with Gasteiger partial charge in [-0.1, -0.05) is 6.42 Å². The zero-order chi connectivity index (χ0) is 15.9. The molecule has 0 aliphatic heterocycles. The van der Waals surface area contributed by atoms with Crippen LogP contribution in [0.1, 0.15) is 49.7 Å². The summed E-state index contributed by atoms with van der Waals surface area (Å²) < 4.78 is 5.57. The third-order valence-corrected chi connectivity index (χ3v) is 5.29. The topological polar surface area (TPSA) is 49.6 Å². The highest BCUT2D eigenvalue weighted by molar-refractivity contribution is 7.99. The van der Waals surface area contributed by atoms with Crippen molar-refractivity contribution in [2.45, 2.75) is 64.3 Å². The molecule has 1 aliphatic carbocycles. The van der Waals surface area contributed by atoms with Gasteiger partial charge < -0.3 is 15.1 Å². The van der Waals surface area contributed by atoms with Crippen LogP contribution in [0, 0.1) is 13.8 Å². The SMILES string of the molecule is CCNC(=NCc1cc(C)oc1C)NC1CCCC(SC)C1. The molecule has 1 aromatic heterocycles. The Bertz CT molecular complexity index is 498. The van der Waals surface area contributed by atoms with Gasteiger partial charge in [0.15, 0.2) is 5.96 Å². The first-order chi connectivity index (χ1) is 10.6. The molecule has 0 saturated heterocycles. The van der Waals surface area contributed by atoms with E-state index in [1.165, 1.54) is 31.2 Å². The first-order valence-electron chi connectivity index (χ1n) is 8.26. The number of aryl methyl sites for hydroxylation is 2. The van der Waals surface area contributed by atoms with Crippen LogP contribution < -0.4 is 10.6 Å². The molecule has 1 aromatic rings. The predicted octanol–water partition coefficient (Wildman–Crippen LogP) is 3.63. The van der Waals surface area contributed by atoms with Gasteiger partial charge in [-0.15, -0.1) is 0 Å². The molecule has 2 rings (SSSR count).